The number of carbonyl (C=O) groups excluding carboxylic acids is 1. The first-order chi connectivity index (χ1) is 18.9. The summed E-state index contributed by atoms with van der Waals surface area (Å²) in [5.41, 5.74) is 7.77. The summed E-state index contributed by atoms with van der Waals surface area (Å²) in [6.45, 7) is 6.49. The SMILES string of the molecule is CCc1ccc([C@H]2c3cccn3-c3c(c(C)nn3-c3ccccc3)CN2C(=O)Nc2ccc(C)c(Cl)c2)cc1. The summed E-state index contributed by atoms with van der Waals surface area (Å²) in [5, 5.41) is 8.65. The van der Waals surface area contributed by atoms with Gasteiger partial charge in [-0.1, -0.05) is 67.1 Å². The maximum atomic E-state index is 14.1. The summed E-state index contributed by atoms with van der Waals surface area (Å²) in [7, 11) is 0. The quantitative estimate of drug-likeness (QED) is 0.257. The maximum Gasteiger partial charge on any atom is 0.322 e. The summed E-state index contributed by atoms with van der Waals surface area (Å²) in [6, 6.07) is 27.9. The van der Waals surface area contributed by atoms with E-state index in [0.29, 0.717) is 17.3 Å². The highest BCUT2D eigenvalue weighted by Crippen LogP contribution is 2.39. The van der Waals surface area contributed by atoms with E-state index in [9.17, 15) is 4.79 Å². The van der Waals surface area contributed by atoms with Gasteiger partial charge < -0.3 is 14.8 Å². The summed E-state index contributed by atoms with van der Waals surface area (Å²) < 4.78 is 4.16. The van der Waals surface area contributed by atoms with Crippen LogP contribution in [0.15, 0.2) is 91.1 Å². The van der Waals surface area contributed by atoms with Crippen molar-refractivity contribution >= 4 is 23.3 Å². The standard InChI is InChI=1S/C32H30ClN5O/c1-4-23-13-15-24(16-14-23)30-29-11-8-18-36(29)31-27(22(3)35-38(31)26-9-6-5-7-10-26)20-37(30)32(39)34-25-17-12-21(2)28(33)19-25/h5-19,30H,4,20H2,1-3H3,(H,34,39)/t30-/m0/s1. The molecular formula is C32H30ClN5O. The third kappa shape index (κ3) is 4.51. The van der Waals surface area contributed by atoms with Crippen molar-refractivity contribution in [2.75, 3.05) is 5.32 Å². The van der Waals surface area contributed by atoms with Crippen LogP contribution in [0.2, 0.25) is 5.02 Å². The molecule has 0 bridgehead atoms. The minimum atomic E-state index is -0.317. The van der Waals surface area contributed by atoms with Crippen LogP contribution in [-0.4, -0.2) is 25.3 Å². The highest BCUT2D eigenvalue weighted by Gasteiger charge is 2.36. The molecule has 0 unspecified atom stereocenters. The fourth-order valence-corrected chi connectivity index (χ4v) is 5.48. The number of nitrogens with one attached hydrogen (secondary N) is 1. The predicted molar refractivity (Wildman–Crippen MR) is 156 cm³/mol. The smallest absolute Gasteiger partial charge is 0.308 e. The number of urea groups is 1. The molecule has 6 nitrogen and oxygen atoms in total. The fraction of sp³-hybridized carbons (Fsp3) is 0.188. The molecule has 3 heterocycles. The molecule has 3 aromatic carbocycles. The van der Waals surface area contributed by atoms with Gasteiger partial charge in [0.1, 0.15) is 5.82 Å². The number of hydrogen-bond acceptors (Lipinski definition) is 2. The van der Waals surface area contributed by atoms with Gasteiger partial charge in [0.15, 0.2) is 0 Å². The predicted octanol–water partition coefficient (Wildman–Crippen LogP) is 7.63. The van der Waals surface area contributed by atoms with Gasteiger partial charge in [0.2, 0.25) is 0 Å². The molecular weight excluding hydrogens is 506 g/mol. The number of nitrogens with zero attached hydrogens (tertiary/aromatic N) is 4. The second kappa shape index (κ2) is 10.1. The average Bonchev–Trinajstić information content (AvgIpc) is 3.51. The van der Waals surface area contributed by atoms with Gasteiger partial charge in [0, 0.05) is 22.5 Å². The van der Waals surface area contributed by atoms with Crippen LogP contribution in [0.25, 0.3) is 11.5 Å². The molecule has 196 valence electrons. The molecule has 2 aromatic heterocycles. The van der Waals surface area contributed by atoms with Crippen molar-refractivity contribution < 1.29 is 4.79 Å². The lowest BCUT2D eigenvalue weighted by atomic mass is 9.99. The van der Waals surface area contributed by atoms with Crippen LogP contribution in [0.3, 0.4) is 0 Å². The number of anilines is 1. The van der Waals surface area contributed by atoms with Crippen molar-refractivity contribution in [1.29, 1.82) is 0 Å². The zero-order valence-corrected chi connectivity index (χ0v) is 23.0. The number of halogens is 1. The largest absolute Gasteiger partial charge is 0.322 e. The van der Waals surface area contributed by atoms with Crippen molar-refractivity contribution in [3.8, 4) is 11.5 Å². The monoisotopic (exact) mass is 535 g/mol. The molecule has 0 radical (unpaired) electrons. The van der Waals surface area contributed by atoms with Crippen molar-refractivity contribution in [3.63, 3.8) is 0 Å². The minimum Gasteiger partial charge on any atom is -0.308 e. The normalized spacial score (nSPS) is 14.5. The van der Waals surface area contributed by atoms with Gasteiger partial charge in [0.25, 0.3) is 0 Å². The molecule has 0 saturated heterocycles. The van der Waals surface area contributed by atoms with E-state index in [2.05, 4.69) is 53.3 Å². The molecule has 1 aliphatic rings. The number of aryl methyl sites for hydroxylation is 3. The molecule has 0 aliphatic carbocycles. The Morgan fingerprint density at radius 2 is 1.77 bits per heavy atom. The summed E-state index contributed by atoms with van der Waals surface area (Å²) in [6.07, 6.45) is 3.01. The van der Waals surface area contributed by atoms with E-state index in [1.165, 1.54) is 5.56 Å². The van der Waals surface area contributed by atoms with Crippen LogP contribution in [-0.2, 0) is 13.0 Å². The molecule has 2 amide bonds. The minimum absolute atomic E-state index is 0.202. The van der Waals surface area contributed by atoms with E-state index in [1.807, 2.05) is 72.0 Å². The Bertz CT molecular complexity index is 1650. The number of fused-ring (bicyclic) bond motifs is 3. The molecule has 0 spiro atoms. The van der Waals surface area contributed by atoms with Crippen molar-refractivity contribution in [1.82, 2.24) is 19.2 Å². The zero-order chi connectivity index (χ0) is 27.1. The summed E-state index contributed by atoms with van der Waals surface area (Å²) in [5.74, 6) is 0.947. The Morgan fingerprint density at radius 3 is 2.49 bits per heavy atom. The Hall–Kier alpha value is -4.29. The molecule has 1 atom stereocenters. The lowest BCUT2D eigenvalue weighted by molar-refractivity contribution is 0.194. The first-order valence-electron chi connectivity index (χ1n) is 13.2. The van der Waals surface area contributed by atoms with Gasteiger partial charge in [-0.2, -0.15) is 5.10 Å². The molecule has 1 N–H and O–H groups in total. The van der Waals surface area contributed by atoms with E-state index < -0.39 is 0 Å². The van der Waals surface area contributed by atoms with Gasteiger partial charge in [-0.25, -0.2) is 9.48 Å². The average molecular weight is 536 g/mol. The fourth-order valence-electron chi connectivity index (χ4n) is 5.30. The van der Waals surface area contributed by atoms with Crippen LogP contribution in [0.4, 0.5) is 10.5 Å². The van der Waals surface area contributed by atoms with Gasteiger partial charge in [-0.3, -0.25) is 0 Å². The highest BCUT2D eigenvalue weighted by molar-refractivity contribution is 6.31. The van der Waals surface area contributed by atoms with Gasteiger partial charge in [-0.05, 0) is 73.4 Å². The lowest BCUT2D eigenvalue weighted by Gasteiger charge is -2.31. The molecule has 6 rings (SSSR count). The number of para-hydroxylation sites is 1. The second-order valence-electron chi connectivity index (χ2n) is 9.96. The third-order valence-electron chi connectivity index (χ3n) is 7.47. The zero-order valence-electron chi connectivity index (χ0n) is 22.2. The van der Waals surface area contributed by atoms with Crippen LogP contribution in [0.5, 0.6) is 0 Å². The Labute approximate surface area is 233 Å². The number of aromatic nitrogens is 3. The van der Waals surface area contributed by atoms with Gasteiger partial charge >= 0.3 is 6.03 Å². The van der Waals surface area contributed by atoms with Crippen molar-refractivity contribution in [2.24, 2.45) is 0 Å². The second-order valence-corrected chi connectivity index (χ2v) is 10.4. The summed E-state index contributed by atoms with van der Waals surface area (Å²) in [4.78, 5) is 16.0. The lowest BCUT2D eigenvalue weighted by Crippen LogP contribution is -2.38. The molecule has 0 saturated carbocycles. The van der Waals surface area contributed by atoms with E-state index in [0.717, 1.165) is 46.0 Å². The molecule has 39 heavy (non-hydrogen) atoms. The number of hydrogen-bond donors (Lipinski definition) is 1. The number of benzene rings is 3. The topological polar surface area (TPSA) is 55.1 Å². The van der Waals surface area contributed by atoms with Gasteiger partial charge in [-0.15, -0.1) is 0 Å². The first kappa shape index (κ1) is 25.0. The van der Waals surface area contributed by atoms with Crippen LogP contribution >= 0.6 is 11.6 Å². The van der Waals surface area contributed by atoms with E-state index in [1.54, 1.807) is 6.07 Å². The van der Waals surface area contributed by atoms with Crippen LogP contribution < -0.4 is 5.32 Å². The number of rotatable bonds is 4. The first-order valence-corrected chi connectivity index (χ1v) is 13.6. The number of carbonyl (C=O) groups is 1. The molecule has 1 aliphatic heterocycles. The van der Waals surface area contributed by atoms with E-state index in [4.69, 9.17) is 16.7 Å². The van der Waals surface area contributed by atoms with Gasteiger partial charge in [0.05, 0.1) is 29.7 Å². The maximum absolute atomic E-state index is 14.1. The van der Waals surface area contributed by atoms with E-state index in [-0.39, 0.29) is 12.1 Å². The molecule has 0 fully saturated rings. The number of amides is 2. The summed E-state index contributed by atoms with van der Waals surface area (Å²) >= 11 is 6.38. The van der Waals surface area contributed by atoms with Crippen molar-refractivity contribution in [2.45, 2.75) is 39.8 Å². The molecule has 5 aromatic rings. The van der Waals surface area contributed by atoms with Crippen molar-refractivity contribution in [3.05, 3.63) is 130 Å². The van der Waals surface area contributed by atoms with E-state index >= 15 is 0 Å². The van der Waals surface area contributed by atoms with Crippen LogP contribution in [0, 0.1) is 13.8 Å². The third-order valence-corrected chi connectivity index (χ3v) is 7.88. The highest BCUT2D eigenvalue weighted by atomic mass is 35.5. The van der Waals surface area contributed by atoms with Crippen LogP contribution in [0.1, 0.15) is 46.6 Å². The Morgan fingerprint density at radius 1 is 1.00 bits per heavy atom. The Kier molecular flexibility index (Phi) is 6.49. The molecule has 7 heteroatoms. The Balaban J connectivity index is 1.52.